The van der Waals surface area contributed by atoms with E-state index in [1.54, 1.807) is 23.5 Å². The Hall–Kier alpha value is -1.59. The smallest absolute Gasteiger partial charge is 0.244 e. The quantitative estimate of drug-likeness (QED) is 0.777. The Morgan fingerprint density at radius 1 is 1.33 bits per heavy atom. The van der Waals surface area contributed by atoms with Crippen molar-refractivity contribution < 1.29 is 9.53 Å². The number of hydrogen-bond donors (Lipinski definition) is 1. The third-order valence-corrected chi connectivity index (χ3v) is 4.31. The van der Waals surface area contributed by atoms with Crippen LogP contribution in [-0.4, -0.2) is 12.5 Å². The molecule has 0 unspecified atom stereocenters. The van der Waals surface area contributed by atoms with Crippen LogP contribution in [0.3, 0.4) is 0 Å². The molecule has 0 radical (unpaired) electrons. The fraction of sp³-hybridized carbons (Fsp3) is 0.188. The maximum Gasteiger partial charge on any atom is 0.244 e. The van der Waals surface area contributed by atoms with Gasteiger partial charge in [0, 0.05) is 23.1 Å². The van der Waals surface area contributed by atoms with E-state index in [4.69, 9.17) is 4.74 Å². The van der Waals surface area contributed by atoms with Crippen molar-refractivity contribution in [2.75, 3.05) is 6.61 Å². The highest BCUT2D eigenvalue weighted by molar-refractivity contribution is 9.11. The van der Waals surface area contributed by atoms with E-state index in [0.717, 1.165) is 20.0 Å². The number of halogens is 1. The molecule has 0 bridgehead atoms. The summed E-state index contributed by atoms with van der Waals surface area (Å²) in [7, 11) is 0. The molecule has 0 saturated carbocycles. The fourth-order valence-corrected chi connectivity index (χ4v) is 3.09. The molecule has 0 spiro atoms. The highest BCUT2D eigenvalue weighted by atomic mass is 79.9. The molecular weight excluding hydrogens is 350 g/mol. The molecule has 1 N–H and O–H groups in total. The van der Waals surface area contributed by atoms with Gasteiger partial charge in [0.25, 0.3) is 0 Å². The predicted octanol–water partition coefficient (Wildman–Crippen LogP) is 4.24. The molecule has 110 valence electrons. The summed E-state index contributed by atoms with van der Waals surface area (Å²) >= 11 is 4.98. The van der Waals surface area contributed by atoms with Crippen LogP contribution in [0.15, 0.2) is 46.3 Å². The fourth-order valence-electron chi connectivity index (χ4n) is 1.76. The number of hydrogen-bond acceptors (Lipinski definition) is 3. The Balaban J connectivity index is 1.90. The summed E-state index contributed by atoms with van der Waals surface area (Å²) in [4.78, 5) is 12.9. The van der Waals surface area contributed by atoms with Crippen LogP contribution in [0.1, 0.15) is 17.4 Å². The van der Waals surface area contributed by atoms with Gasteiger partial charge in [0.1, 0.15) is 5.75 Å². The molecule has 0 atom stereocenters. The lowest BCUT2D eigenvalue weighted by atomic mass is 10.2. The Morgan fingerprint density at radius 2 is 2.14 bits per heavy atom. The van der Waals surface area contributed by atoms with Crippen molar-refractivity contribution in [3.8, 4) is 5.75 Å². The van der Waals surface area contributed by atoms with Gasteiger partial charge in [-0.15, -0.1) is 11.3 Å². The van der Waals surface area contributed by atoms with E-state index in [1.807, 2.05) is 43.3 Å². The van der Waals surface area contributed by atoms with Crippen LogP contribution in [0.4, 0.5) is 0 Å². The number of para-hydroxylation sites is 1. The molecular formula is C16H16BrNO2S. The number of benzene rings is 1. The van der Waals surface area contributed by atoms with Gasteiger partial charge in [-0.2, -0.15) is 0 Å². The summed E-state index contributed by atoms with van der Waals surface area (Å²) in [6, 6.07) is 11.6. The molecule has 0 aliphatic carbocycles. The van der Waals surface area contributed by atoms with E-state index in [2.05, 4.69) is 21.2 Å². The van der Waals surface area contributed by atoms with Gasteiger partial charge in [0.05, 0.1) is 10.4 Å². The van der Waals surface area contributed by atoms with E-state index in [-0.39, 0.29) is 5.91 Å². The summed E-state index contributed by atoms with van der Waals surface area (Å²) in [6.45, 7) is 3.00. The number of amides is 1. The zero-order valence-electron chi connectivity index (χ0n) is 11.6. The average molecular weight is 366 g/mol. The highest BCUT2D eigenvalue weighted by Gasteiger charge is 2.03. The minimum absolute atomic E-state index is 0.120. The Kier molecular flexibility index (Phi) is 6.02. The minimum Gasteiger partial charge on any atom is -0.494 e. The zero-order valence-corrected chi connectivity index (χ0v) is 14.0. The lowest BCUT2D eigenvalue weighted by Crippen LogP contribution is -2.20. The average Bonchev–Trinajstić information content (AvgIpc) is 2.90. The molecule has 1 amide bonds. The van der Waals surface area contributed by atoms with Gasteiger partial charge in [-0.1, -0.05) is 18.2 Å². The maximum absolute atomic E-state index is 11.8. The van der Waals surface area contributed by atoms with Gasteiger partial charge in [-0.25, -0.2) is 0 Å². The van der Waals surface area contributed by atoms with Gasteiger partial charge in [0.2, 0.25) is 5.91 Å². The maximum atomic E-state index is 11.8. The van der Waals surface area contributed by atoms with Crippen molar-refractivity contribution in [3.05, 3.63) is 56.7 Å². The van der Waals surface area contributed by atoms with Crippen molar-refractivity contribution in [2.45, 2.75) is 13.5 Å². The summed E-state index contributed by atoms with van der Waals surface area (Å²) in [5.41, 5.74) is 0.972. The number of carbonyl (C=O) groups is 1. The number of thiophene rings is 1. The Bertz CT molecular complexity index is 637. The van der Waals surface area contributed by atoms with Crippen molar-refractivity contribution >= 4 is 39.2 Å². The van der Waals surface area contributed by atoms with E-state index in [1.165, 1.54) is 0 Å². The summed E-state index contributed by atoms with van der Waals surface area (Å²) in [5, 5.41) is 2.86. The second-order valence-corrected chi connectivity index (χ2v) is 6.73. The lowest BCUT2D eigenvalue weighted by molar-refractivity contribution is -0.116. The van der Waals surface area contributed by atoms with Crippen LogP contribution >= 0.6 is 27.3 Å². The van der Waals surface area contributed by atoms with Gasteiger partial charge in [-0.05, 0) is 47.1 Å². The lowest BCUT2D eigenvalue weighted by Gasteiger charge is -2.09. The van der Waals surface area contributed by atoms with Crippen molar-refractivity contribution in [1.82, 2.24) is 5.32 Å². The van der Waals surface area contributed by atoms with Gasteiger partial charge < -0.3 is 10.1 Å². The summed E-state index contributed by atoms with van der Waals surface area (Å²) in [5.74, 6) is 0.692. The number of nitrogens with one attached hydrogen (secondary N) is 1. The Labute approximate surface area is 136 Å². The van der Waals surface area contributed by atoms with E-state index < -0.39 is 0 Å². The van der Waals surface area contributed by atoms with Crippen LogP contribution in [0.5, 0.6) is 5.75 Å². The first-order chi connectivity index (χ1) is 10.2. The van der Waals surface area contributed by atoms with Crippen molar-refractivity contribution in [2.24, 2.45) is 0 Å². The molecule has 0 aliphatic heterocycles. The SMILES string of the molecule is CCOc1ccccc1CNC(=O)/C=C/c1ccc(Br)s1. The molecule has 1 heterocycles. The standard InChI is InChI=1S/C16H16BrNO2S/c1-2-20-14-6-4-3-5-12(14)11-18-16(19)10-8-13-7-9-15(17)21-13/h3-10H,2,11H2,1H3,(H,18,19)/b10-8+. The molecule has 0 aliphatic rings. The van der Waals surface area contributed by atoms with Crippen LogP contribution < -0.4 is 10.1 Å². The molecule has 2 aromatic rings. The summed E-state index contributed by atoms with van der Waals surface area (Å²) < 4.78 is 6.58. The second-order valence-electron chi connectivity index (χ2n) is 4.23. The molecule has 2 rings (SSSR count). The van der Waals surface area contributed by atoms with E-state index in [9.17, 15) is 4.79 Å². The number of rotatable bonds is 6. The van der Waals surface area contributed by atoms with Gasteiger partial charge in [0.15, 0.2) is 0 Å². The largest absolute Gasteiger partial charge is 0.494 e. The second kappa shape index (κ2) is 8.00. The molecule has 1 aromatic carbocycles. The molecule has 3 nitrogen and oxygen atoms in total. The van der Waals surface area contributed by atoms with Gasteiger partial charge in [-0.3, -0.25) is 4.79 Å². The van der Waals surface area contributed by atoms with Crippen LogP contribution in [-0.2, 0) is 11.3 Å². The van der Waals surface area contributed by atoms with Gasteiger partial charge >= 0.3 is 0 Å². The minimum atomic E-state index is -0.120. The van der Waals surface area contributed by atoms with Crippen molar-refractivity contribution in [3.63, 3.8) is 0 Å². The van der Waals surface area contributed by atoms with Crippen LogP contribution in [0, 0.1) is 0 Å². The monoisotopic (exact) mass is 365 g/mol. The first kappa shape index (κ1) is 15.8. The predicted molar refractivity (Wildman–Crippen MR) is 90.5 cm³/mol. The topological polar surface area (TPSA) is 38.3 Å². The first-order valence-corrected chi connectivity index (χ1v) is 8.22. The first-order valence-electron chi connectivity index (χ1n) is 6.61. The number of carbonyl (C=O) groups excluding carboxylic acids is 1. The molecule has 21 heavy (non-hydrogen) atoms. The zero-order chi connectivity index (χ0) is 15.1. The molecule has 0 saturated heterocycles. The highest BCUT2D eigenvalue weighted by Crippen LogP contribution is 2.23. The van der Waals surface area contributed by atoms with Crippen molar-refractivity contribution in [1.29, 1.82) is 0 Å². The Morgan fingerprint density at radius 3 is 2.86 bits per heavy atom. The van der Waals surface area contributed by atoms with Crippen LogP contribution in [0.2, 0.25) is 0 Å². The third-order valence-electron chi connectivity index (χ3n) is 2.72. The number of ether oxygens (including phenoxy) is 1. The normalized spacial score (nSPS) is 10.8. The summed E-state index contributed by atoms with van der Waals surface area (Å²) in [6.07, 6.45) is 3.35. The molecule has 1 aromatic heterocycles. The third kappa shape index (κ3) is 5.02. The molecule has 0 fully saturated rings. The molecule has 5 heteroatoms. The van der Waals surface area contributed by atoms with Crippen LogP contribution in [0.25, 0.3) is 6.08 Å². The van der Waals surface area contributed by atoms with E-state index >= 15 is 0 Å². The van der Waals surface area contributed by atoms with E-state index in [0.29, 0.717) is 13.2 Å².